The van der Waals surface area contributed by atoms with Crippen molar-refractivity contribution in [3.8, 4) is 11.4 Å². The molecule has 0 radical (unpaired) electrons. The number of pyridine rings is 1. The Morgan fingerprint density at radius 1 is 1.14 bits per heavy atom. The number of thioether (sulfide) groups is 1. The molecule has 0 fully saturated rings. The van der Waals surface area contributed by atoms with E-state index >= 15 is 0 Å². The summed E-state index contributed by atoms with van der Waals surface area (Å²) in [5, 5.41) is 9.09. The van der Waals surface area contributed by atoms with Gasteiger partial charge in [-0.15, -0.1) is 16.8 Å². The van der Waals surface area contributed by atoms with Crippen LogP contribution in [0.5, 0.6) is 0 Å². The number of amides is 1. The average Bonchev–Trinajstić information content (AvgIpc) is 3.16. The van der Waals surface area contributed by atoms with E-state index in [1.807, 2.05) is 71.9 Å². The largest absolute Gasteiger partial charge is 0.342 e. The van der Waals surface area contributed by atoms with Crippen molar-refractivity contribution >= 4 is 17.7 Å². The third kappa shape index (κ3) is 4.74. The molecule has 0 spiro atoms. The summed E-state index contributed by atoms with van der Waals surface area (Å²) in [6.07, 6.45) is 5.26. The lowest BCUT2D eigenvalue weighted by atomic mass is 10.1. The van der Waals surface area contributed by atoms with E-state index in [1.54, 1.807) is 12.4 Å². The van der Waals surface area contributed by atoms with Gasteiger partial charge in [-0.05, 0) is 31.5 Å². The zero-order valence-electron chi connectivity index (χ0n) is 16.7. The van der Waals surface area contributed by atoms with Crippen molar-refractivity contribution in [1.82, 2.24) is 24.6 Å². The monoisotopic (exact) mass is 407 g/mol. The van der Waals surface area contributed by atoms with Gasteiger partial charge >= 0.3 is 0 Å². The Balaban J connectivity index is 2.00. The van der Waals surface area contributed by atoms with E-state index in [2.05, 4.69) is 21.8 Å². The molecule has 2 aromatic heterocycles. The highest BCUT2D eigenvalue weighted by Crippen LogP contribution is 2.37. The summed E-state index contributed by atoms with van der Waals surface area (Å²) >= 11 is 1.43. The van der Waals surface area contributed by atoms with Gasteiger partial charge in [0.05, 0.1) is 0 Å². The highest BCUT2D eigenvalue weighted by atomic mass is 32.2. The normalized spacial score (nSPS) is 11.8. The minimum atomic E-state index is -0.394. The van der Waals surface area contributed by atoms with Crippen molar-refractivity contribution in [2.24, 2.45) is 0 Å². The smallest absolute Gasteiger partial charge is 0.240 e. The molecule has 0 bridgehead atoms. The number of rotatable bonds is 9. The molecular formula is C22H25N5OS. The van der Waals surface area contributed by atoms with Crippen LogP contribution in [0.15, 0.2) is 72.7 Å². The van der Waals surface area contributed by atoms with Crippen LogP contribution in [0.1, 0.15) is 24.7 Å². The topological polar surface area (TPSA) is 63.9 Å². The van der Waals surface area contributed by atoms with E-state index in [4.69, 9.17) is 0 Å². The minimum Gasteiger partial charge on any atom is -0.342 e. The summed E-state index contributed by atoms with van der Waals surface area (Å²) in [6.45, 7) is 9.74. The lowest BCUT2D eigenvalue weighted by Gasteiger charge is -2.25. The number of nitrogens with zero attached hydrogens (tertiary/aromatic N) is 5. The van der Waals surface area contributed by atoms with Gasteiger partial charge in [-0.25, -0.2) is 0 Å². The fraction of sp³-hybridized carbons (Fsp3) is 0.273. The van der Waals surface area contributed by atoms with E-state index in [0.717, 1.165) is 17.0 Å². The van der Waals surface area contributed by atoms with Gasteiger partial charge < -0.3 is 4.90 Å². The summed E-state index contributed by atoms with van der Waals surface area (Å²) < 4.78 is 1.98. The van der Waals surface area contributed by atoms with Crippen LogP contribution in [-0.2, 0) is 11.3 Å². The van der Waals surface area contributed by atoms with Crippen LogP contribution in [-0.4, -0.2) is 43.6 Å². The molecule has 29 heavy (non-hydrogen) atoms. The van der Waals surface area contributed by atoms with Gasteiger partial charge in [0, 0.05) is 37.6 Å². The summed E-state index contributed by atoms with van der Waals surface area (Å²) in [5.41, 5.74) is 1.88. The number of aromatic nitrogens is 4. The van der Waals surface area contributed by atoms with Crippen molar-refractivity contribution in [2.75, 3.05) is 13.1 Å². The number of likely N-dealkylation sites (N-methyl/N-ethyl adjacent to an activating group) is 1. The van der Waals surface area contributed by atoms with Crippen molar-refractivity contribution in [3.63, 3.8) is 0 Å². The maximum absolute atomic E-state index is 13.3. The van der Waals surface area contributed by atoms with Gasteiger partial charge in [0.2, 0.25) is 5.91 Å². The second-order valence-corrected chi connectivity index (χ2v) is 7.43. The molecule has 7 heteroatoms. The predicted octanol–water partition coefficient (Wildman–Crippen LogP) is 4.23. The van der Waals surface area contributed by atoms with E-state index in [0.29, 0.717) is 24.8 Å². The molecule has 0 N–H and O–H groups in total. The molecule has 6 nitrogen and oxygen atoms in total. The zero-order valence-corrected chi connectivity index (χ0v) is 17.5. The predicted molar refractivity (Wildman–Crippen MR) is 116 cm³/mol. The molecule has 1 atom stereocenters. The van der Waals surface area contributed by atoms with Crippen LogP contribution < -0.4 is 0 Å². The molecule has 1 aromatic carbocycles. The van der Waals surface area contributed by atoms with Gasteiger partial charge in [-0.2, -0.15) is 0 Å². The van der Waals surface area contributed by atoms with Crippen LogP contribution in [0.4, 0.5) is 0 Å². The van der Waals surface area contributed by atoms with Crippen molar-refractivity contribution < 1.29 is 4.79 Å². The summed E-state index contributed by atoms with van der Waals surface area (Å²) in [5.74, 6) is 0.807. The SMILES string of the molecule is C=CCn1c(SC(C(=O)N(CC)CC)c2ccccc2)nnc1-c1ccncc1. The standard InChI is InChI=1S/C22H25N5OS/c1-4-16-27-20(18-12-14-23-15-13-18)24-25-22(27)29-19(17-10-8-7-9-11-17)21(28)26(5-2)6-3/h4,7-15,19H,1,5-6,16H2,2-3H3. The third-order valence-corrected chi connectivity index (χ3v) is 5.81. The maximum atomic E-state index is 13.3. The molecule has 0 aliphatic rings. The number of carbonyl (C=O) groups excluding carboxylic acids is 1. The van der Waals surface area contributed by atoms with E-state index in [9.17, 15) is 4.79 Å². The summed E-state index contributed by atoms with van der Waals surface area (Å²) in [4.78, 5) is 19.2. The molecule has 3 rings (SSSR count). The lowest BCUT2D eigenvalue weighted by Crippen LogP contribution is -2.34. The number of allylic oxidation sites excluding steroid dienone is 1. The minimum absolute atomic E-state index is 0.0739. The molecule has 0 saturated heterocycles. The average molecular weight is 408 g/mol. The Hall–Kier alpha value is -2.93. The van der Waals surface area contributed by atoms with Crippen LogP contribution in [0.3, 0.4) is 0 Å². The van der Waals surface area contributed by atoms with Crippen molar-refractivity contribution in [1.29, 1.82) is 0 Å². The fourth-order valence-electron chi connectivity index (χ4n) is 3.08. The Labute approximate surface area is 175 Å². The second-order valence-electron chi connectivity index (χ2n) is 6.36. The summed E-state index contributed by atoms with van der Waals surface area (Å²) in [6, 6.07) is 13.6. The first-order valence-electron chi connectivity index (χ1n) is 9.64. The third-order valence-electron chi connectivity index (χ3n) is 4.59. The molecular weight excluding hydrogens is 382 g/mol. The molecule has 0 aliphatic heterocycles. The van der Waals surface area contributed by atoms with Gasteiger partial charge in [0.25, 0.3) is 0 Å². The maximum Gasteiger partial charge on any atom is 0.240 e. The van der Waals surface area contributed by atoms with Gasteiger partial charge in [0.15, 0.2) is 11.0 Å². The van der Waals surface area contributed by atoms with Crippen LogP contribution >= 0.6 is 11.8 Å². The van der Waals surface area contributed by atoms with Gasteiger partial charge in [-0.3, -0.25) is 14.3 Å². The number of hydrogen-bond acceptors (Lipinski definition) is 5. The Kier molecular flexibility index (Phi) is 7.19. The molecule has 0 saturated carbocycles. The van der Waals surface area contributed by atoms with Gasteiger partial charge in [0.1, 0.15) is 5.25 Å². The Morgan fingerprint density at radius 3 is 2.45 bits per heavy atom. The zero-order chi connectivity index (χ0) is 20.6. The van der Waals surface area contributed by atoms with Crippen LogP contribution in [0.2, 0.25) is 0 Å². The molecule has 3 aromatic rings. The van der Waals surface area contributed by atoms with E-state index < -0.39 is 5.25 Å². The van der Waals surface area contributed by atoms with Crippen LogP contribution in [0, 0.1) is 0 Å². The molecule has 1 amide bonds. The summed E-state index contributed by atoms with van der Waals surface area (Å²) in [7, 11) is 0. The number of hydrogen-bond donors (Lipinski definition) is 0. The highest BCUT2D eigenvalue weighted by Gasteiger charge is 2.28. The van der Waals surface area contributed by atoms with Crippen molar-refractivity contribution in [3.05, 3.63) is 73.1 Å². The van der Waals surface area contributed by atoms with Gasteiger partial charge in [-0.1, -0.05) is 48.2 Å². The molecule has 0 aliphatic carbocycles. The number of carbonyl (C=O) groups is 1. The Bertz CT molecular complexity index is 938. The molecule has 150 valence electrons. The Morgan fingerprint density at radius 2 is 1.83 bits per heavy atom. The second kappa shape index (κ2) is 10.0. The fourth-order valence-corrected chi connectivity index (χ4v) is 4.21. The lowest BCUT2D eigenvalue weighted by molar-refractivity contribution is -0.130. The first kappa shape index (κ1) is 20.8. The first-order valence-corrected chi connectivity index (χ1v) is 10.5. The quantitative estimate of drug-likeness (QED) is 0.392. The first-order chi connectivity index (χ1) is 14.2. The molecule has 2 heterocycles. The van der Waals surface area contributed by atoms with E-state index in [-0.39, 0.29) is 5.91 Å². The van der Waals surface area contributed by atoms with Crippen molar-refractivity contribution in [2.45, 2.75) is 30.8 Å². The highest BCUT2D eigenvalue weighted by molar-refractivity contribution is 8.00. The molecule has 1 unspecified atom stereocenters. The van der Waals surface area contributed by atoms with Crippen LogP contribution in [0.25, 0.3) is 11.4 Å². The number of benzene rings is 1. The van der Waals surface area contributed by atoms with E-state index in [1.165, 1.54) is 11.8 Å².